The maximum absolute atomic E-state index is 12.5. The van der Waals surface area contributed by atoms with Crippen molar-refractivity contribution in [2.45, 2.75) is 12.5 Å². The van der Waals surface area contributed by atoms with Crippen molar-refractivity contribution in [1.82, 2.24) is 0 Å². The normalized spacial score (nSPS) is 13.0. The second-order valence-corrected chi connectivity index (χ2v) is 5.26. The summed E-state index contributed by atoms with van der Waals surface area (Å²) in [6.07, 6.45) is -3.44. The molecule has 5 heteroatoms. The molecule has 0 aliphatic rings. The number of aliphatic hydroxyl groups is 1. The van der Waals surface area contributed by atoms with E-state index in [1.54, 1.807) is 18.2 Å². The first-order valence-electron chi connectivity index (χ1n) is 4.89. The molecule has 0 aliphatic heterocycles. The van der Waals surface area contributed by atoms with Gasteiger partial charge in [0.1, 0.15) is 6.10 Å². The lowest BCUT2D eigenvalue weighted by Gasteiger charge is -2.10. The summed E-state index contributed by atoms with van der Waals surface area (Å²) in [6.45, 7) is 0. The largest absolute Gasteiger partial charge is 0.383 e. The van der Waals surface area contributed by atoms with Crippen LogP contribution in [0, 0.1) is 0 Å². The third kappa shape index (κ3) is 2.83. The Kier molecular flexibility index (Phi) is 3.76. The predicted molar refractivity (Wildman–Crippen MR) is 64.8 cm³/mol. The van der Waals surface area contributed by atoms with Crippen LogP contribution >= 0.6 is 22.9 Å². The predicted octanol–water partition coefficient (Wildman–Crippen LogP) is 4.42. The van der Waals surface area contributed by atoms with E-state index in [4.69, 9.17) is 11.6 Å². The molecule has 1 N–H and O–H groups in total. The molecule has 0 saturated heterocycles. The molecule has 0 aliphatic carbocycles. The molecule has 0 fully saturated rings. The molecule has 0 saturated carbocycles. The molecule has 1 nitrogen and oxygen atoms in total. The van der Waals surface area contributed by atoms with E-state index in [0.29, 0.717) is 14.8 Å². The number of hydrogen-bond acceptors (Lipinski definition) is 2. The van der Waals surface area contributed by atoms with E-state index in [1.807, 2.05) is 0 Å². The van der Waals surface area contributed by atoms with Gasteiger partial charge in [-0.3, -0.25) is 0 Å². The van der Waals surface area contributed by atoms with Crippen molar-refractivity contribution in [3.63, 3.8) is 0 Å². The Morgan fingerprint density at radius 1 is 1.12 bits per heavy atom. The van der Waals surface area contributed by atoms with Gasteiger partial charge in [0.25, 0.3) is 6.43 Å². The molecule has 1 aromatic carbocycles. The van der Waals surface area contributed by atoms with Crippen molar-refractivity contribution < 1.29 is 13.9 Å². The number of aliphatic hydroxyl groups excluding tert-OH is 1. The van der Waals surface area contributed by atoms with E-state index in [-0.39, 0.29) is 5.56 Å². The Morgan fingerprint density at radius 2 is 1.82 bits per heavy atom. The second kappa shape index (κ2) is 5.12. The number of thiophene rings is 1. The third-order valence-electron chi connectivity index (χ3n) is 2.34. The molecule has 1 heterocycles. The lowest BCUT2D eigenvalue weighted by Crippen LogP contribution is -1.98. The quantitative estimate of drug-likeness (QED) is 0.878. The van der Waals surface area contributed by atoms with Gasteiger partial charge in [-0.25, -0.2) is 8.78 Å². The lowest BCUT2D eigenvalue weighted by atomic mass is 10.1. The molecule has 0 radical (unpaired) electrons. The van der Waals surface area contributed by atoms with E-state index in [1.165, 1.54) is 29.5 Å². The van der Waals surface area contributed by atoms with Crippen LogP contribution in [0.1, 0.15) is 28.5 Å². The van der Waals surface area contributed by atoms with Gasteiger partial charge in [-0.05, 0) is 23.8 Å². The fourth-order valence-corrected chi connectivity index (χ4v) is 2.58. The summed E-state index contributed by atoms with van der Waals surface area (Å²) in [5, 5.41) is 10.0. The average Bonchev–Trinajstić information content (AvgIpc) is 2.75. The number of halogens is 3. The number of hydrogen-bond donors (Lipinski definition) is 1. The molecule has 0 bridgehead atoms. The summed E-state index contributed by atoms with van der Waals surface area (Å²) in [5.74, 6) is 0. The first kappa shape index (κ1) is 12.5. The van der Waals surface area contributed by atoms with Gasteiger partial charge < -0.3 is 5.11 Å². The molecule has 1 atom stereocenters. The van der Waals surface area contributed by atoms with E-state index >= 15 is 0 Å². The zero-order valence-electron chi connectivity index (χ0n) is 8.61. The highest BCUT2D eigenvalue weighted by Gasteiger charge is 2.15. The molecule has 17 heavy (non-hydrogen) atoms. The van der Waals surface area contributed by atoms with Crippen LogP contribution < -0.4 is 0 Å². The first-order chi connectivity index (χ1) is 8.08. The van der Waals surface area contributed by atoms with Crippen molar-refractivity contribution >= 4 is 22.9 Å². The van der Waals surface area contributed by atoms with Crippen LogP contribution in [0.25, 0.3) is 0 Å². The van der Waals surface area contributed by atoms with E-state index in [2.05, 4.69) is 0 Å². The van der Waals surface area contributed by atoms with Gasteiger partial charge in [-0.1, -0.05) is 29.8 Å². The lowest BCUT2D eigenvalue weighted by molar-refractivity contribution is 0.151. The van der Waals surface area contributed by atoms with Crippen molar-refractivity contribution in [2.24, 2.45) is 0 Å². The maximum atomic E-state index is 12.5. The zero-order valence-corrected chi connectivity index (χ0v) is 10.2. The third-order valence-corrected chi connectivity index (χ3v) is 3.63. The van der Waals surface area contributed by atoms with E-state index < -0.39 is 12.5 Å². The van der Waals surface area contributed by atoms with E-state index in [9.17, 15) is 13.9 Å². The Balaban J connectivity index is 2.30. The van der Waals surface area contributed by atoms with Gasteiger partial charge in [0.2, 0.25) is 0 Å². The molecule has 0 spiro atoms. The van der Waals surface area contributed by atoms with Crippen molar-refractivity contribution in [1.29, 1.82) is 0 Å². The molecule has 1 unspecified atom stereocenters. The fraction of sp³-hybridized carbons (Fsp3) is 0.167. The number of benzene rings is 1. The van der Waals surface area contributed by atoms with Gasteiger partial charge in [0.05, 0.1) is 4.34 Å². The topological polar surface area (TPSA) is 20.2 Å². The van der Waals surface area contributed by atoms with Crippen LogP contribution in [0.2, 0.25) is 4.34 Å². The summed E-state index contributed by atoms with van der Waals surface area (Å²) in [5.41, 5.74) is 0.352. The zero-order chi connectivity index (χ0) is 12.4. The van der Waals surface area contributed by atoms with Gasteiger partial charge >= 0.3 is 0 Å². The van der Waals surface area contributed by atoms with Crippen molar-refractivity contribution in [3.8, 4) is 0 Å². The highest BCUT2D eigenvalue weighted by Crippen LogP contribution is 2.32. The molecule has 0 amide bonds. The fourth-order valence-electron chi connectivity index (χ4n) is 1.50. The van der Waals surface area contributed by atoms with Crippen molar-refractivity contribution in [3.05, 3.63) is 56.7 Å². The van der Waals surface area contributed by atoms with Gasteiger partial charge in [0.15, 0.2) is 0 Å². The molecule has 1 aromatic heterocycles. The summed E-state index contributed by atoms with van der Waals surface area (Å²) >= 11 is 6.99. The Bertz CT molecular complexity index is 513. The molecular weight excluding hydrogens is 266 g/mol. The van der Waals surface area contributed by atoms with Gasteiger partial charge in [0, 0.05) is 10.4 Å². The van der Waals surface area contributed by atoms with Crippen LogP contribution in [0.5, 0.6) is 0 Å². The molecule has 90 valence electrons. The van der Waals surface area contributed by atoms with Crippen LogP contribution in [-0.2, 0) is 0 Å². The highest BCUT2D eigenvalue weighted by molar-refractivity contribution is 7.16. The first-order valence-corrected chi connectivity index (χ1v) is 6.08. The minimum absolute atomic E-state index is 0.0933. The smallest absolute Gasteiger partial charge is 0.263 e. The van der Waals surface area contributed by atoms with Crippen LogP contribution in [0.3, 0.4) is 0 Å². The van der Waals surface area contributed by atoms with Crippen LogP contribution in [-0.4, -0.2) is 5.11 Å². The minimum atomic E-state index is -2.53. The number of alkyl halides is 2. The van der Waals surface area contributed by atoms with Crippen LogP contribution in [0.15, 0.2) is 36.4 Å². The van der Waals surface area contributed by atoms with E-state index in [0.717, 1.165) is 0 Å². The molecule has 2 rings (SSSR count). The SMILES string of the molecule is OC(c1cccc(C(F)F)c1)c1ccc(Cl)s1. The Labute approximate surface area is 106 Å². The summed E-state index contributed by atoms with van der Waals surface area (Å²) < 4.78 is 25.6. The summed E-state index contributed by atoms with van der Waals surface area (Å²) in [6, 6.07) is 9.12. The summed E-state index contributed by atoms with van der Waals surface area (Å²) in [7, 11) is 0. The standard InChI is InChI=1S/C12H9ClF2OS/c13-10-5-4-9(17-10)11(16)7-2-1-3-8(6-7)12(14)15/h1-6,11-12,16H. The Morgan fingerprint density at radius 3 is 2.41 bits per heavy atom. The van der Waals surface area contributed by atoms with Crippen LogP contribution in [0.4, 0.5) is 8.78 Å². The Hall–Kier alpha value is -0.970. The van der Waals surface area contributed by atoms with Crippen molar-refractivity contribution in [2.75, 3.05) is 0 Å². The maximum Gasteiger partial charge on any atom is 0.263 e. The van der Waals surface area contributed by atoms with Gasteiger partial charge in [-0.15, -0.1) is 11.3 Å². The monoisotopic (exact) mass is 274 g/mol. The van der Waals surface area contributed by atoms with Gasteiger partial charge in [-0.2, -0.15) is 0 Å². The number of rotatable bonds is 3. The molecule has 2 aromatic rings. The summed E-state index contributed by atoms with van der Waals surface area (Å²) in [4.78, 5) is 0.640. The minimum Gasteiger partial charge on any atom is -0.383 e. The average molecular weight is 275 g/mol. The molecular formula is C12H9ClF2OS. The highest BCUT2D eigenvalue weighted by atomic mass is 35.5. The second-order valence-electron chi connectivity index (χ2n) is 3.52.